The lowest BCUT2D eigenvalue weighted by atomic mass is 10.1. The third kappa shape index (κ3) is 5.89. The molecule has 6 nitrogen and oxygen atoms in total. The Kier molecular flexibility index (Phi) is 7.64. The number of benzene rings is 1. The molecule has 0 saturated carbocycles. The fourth-order valence-electron chi connectivity index (χ4n) is 2.39. The summed E-state index contributed by atoms with van der Waals surface area (Å²) in [6.45, 7) is 3.10. The van der Waals surface area contributed by atoms with Gasteiger partial charge in [0.25, 0.3) is 6.02 Å². The number of aliphatic hydroxyl groups excluding tert-OH is 1. The van der Waals surface area contributed by atoms with Gasteiger partial charge in [-0.2, -0.15) is 0 Å². The summed E-state index contributed by atoms with van der Waals surface area (Å²) in [6.07, 6.45) is 10.8. The van der Waals surface area contributed by atoms with Crippen molar-refractivity contribution in [1.29, 1.82) is 10.8 Å². The number of allylic oxidation sites excluding steroid dienone is 2. The maximum Gasteiger partial charge on any atom is 0.291 e. The quantitative estimate of drug-likeness (QED) is 0.438. The van der Waals surface area contributed by atoms with Crippen LogP contribution < -0.4 is 0 Å². The molecule has 1 aromatic rings. The molecule has 1 aliphatic rings. The van der Waals surface area contributed by atoms with Crippen molar-refractivity contribution >= 4 is 11.9 Å². The summed E-state index contributed by atoms with van der Waals surface area (Å²) in [5.74, 6) is 0.705. The second kappa shape index (κ2) is 10.2. The minimum Gasteiger partial charge on any atom is -0.466 e. The molecule has 0 saturated heterocycles. The van der Waals surface area contributed by atoms with E-state index in [1.165, 1.54) is 0 Å². The molecular weight excluding hydrogens is 330 g/mol. The highest BCUT2D eigenvalue weighted by Crippen LogP contribution is 2.11. The zero-order valence-corrected chi connectivity index (χ0v) is 14.9. The van der Waals surface area contributed by atoms with Crippen LogP contribution in [0.25, 0.3) is 0 Å². The molecule has 6 heteroatoms. The molecule has 1 heterocycles. The van der Waals surface area contributed by atoms with Crippen molar-refractivity contribution in [2.24, 2.45) is 0 Å². The van der Waals surface area contributed by atoms with E-state index in [2.05, 4.69) is 0 Å². The number of nitrogens with zero attached hydrogens (tertiary/aromatic N) is 1. The number of ether oxygens (including phenoxy) is 2. The molecule has 0 spiro atoms. The Morgan fingerprint density at radius 2 is 1.92 bits per heavy atom. The molecule has 0 atom stereocenters. The van der Waals surface area contributed by atoms with E-state index >= 15 is 0 Å². The largest absolute Gasteiger partial charge is 0.466 e. The Hall–Kier alpha value is -2.86. The molecule has 0 amide bonds. The molecule has 26 heavy (non-hydrogen) atoms. The van der Waals surface area contributed by atoms with Crippen LogP contribution >= 0.6 is 0 Å². The summed E-state index contributed by atoms with van der Waals surface area (Å²) in [5.41, 5.74) is 1.34. The standard InChI is InChI=1S/C20H25N3O3/c1-2-14-25-18-6-3-4-12-23(13-5-7-18)20(22)26-19(21)17-10-8-16(15-24)9-11-17/h2-3,6-11,14,21-22,24H,4-5,12-13,15H2,1H3/b6-3?,14-2+,18-7?,21-19?,22-20?. The van der Waals surface area contributed by atoms with E-state index in [-0.39, 0.29) is 18.5 Å². The number of rotatable bonds is 4. The SMILES string of the molecule is C/C=C/OC1=CCCN(C(=N)OC(=N)c2ccc(CO)cc2)CCC=C1. The van der Waals surface area contributed by atoms with Crippen molar-refractivity contribution < 1.29 is 14.6 Å². The average Bonchev–Trinajstić information content (AvgIpc) is 2.78. The molecule has 0 aromatic heterocycles. The minimum atomic E-state index is -0.0810. The first kappa shape index (κ1) is 19.5. The van der Waals surface area contributed by atoms with Crippen molar-refractivity contribution in [1.82, 2.24) is 4.90 Å². The third-order valence-corrected chi connectivity index (χ3v) is 3.82. The van der Waals surface area contributed by atoms with E-state index in [0.717, 1.165) is 17.7 Å². The monoisotopic (exact) mass is 355 g/mol. The van der Waals surface area contributed by atoms with Gasteiger partial charge in [-0.1, -0.05) is 24.3 Å². The average molecular weight is 355 g/mol. The second-order valence-electron chi connectivity index (χ2n) is 5.75. The number of amidine groups is 1. The van der Waals surface area contributed by atoms with Crippen molar-refractivity contribution in [2.45, 2.75) is 26.4 Å². The second-order valence-corrected chi connectivity index (χ2v) is 5.75. The van der Waals surface area contributed by atoms with E-state index in [9.17, 15) is 0 Å². The van der Waals surface area contributed by atoms with E-state index in [0.29, 0.717) is 25.1 Å². The molecule has 0 unspecified atom stereocenters. The lowest BCUT2D eigenvalue weighted by Crippen LogP contribution is -2.35. The van der Waals surface area contributed by atoms with Crippen LogP contribution in [0.5, 0.6) is 0 Å². The molecule has 3 N–H and O–H groups in total. The Morgan fingerprint density at radius 3 is 2.62 bits per heavy atom. The molecule has 2 rings (SSSR count). The van der Waals surface area contributed by atoms with Gasteiger partial charge in [0.05, 0.1) is 12.9 Å². The molecule has 0 bridgehead atoms. The topological polar surface area (TPSA) is 89.6 Å². The van der Waals surface area contributed by atoms with Crippen LogP contribution in [0.4, 0.5) is 0 Å². The van der Waals surface area contributed by atoms with Crippen molar-refractivity contribution in [3.63, 3.8) is 0 Å². The fraction of sp³-hybridized carbons (Fsp3) is 0.300. The van der Waals surface area contributed by atoms with Gasteiger partial charge in [0.2, 0.25) is 5.90 Å². The van der Waals surface area contributed by atoms with E-state index in [1.54, 1.807) is 35.4 Å². The molecule has 1 aromatic carbocycles. The van der Waals surface area contributed by atoms with E-state index in [1.807, 2.05) is 31.2 Å². The van der Waals surface area contributed by atoms with Gasteiger partial charge in [-0.05, 0) is 49.6 Å². The highest BCUT2D eigenvalue weighted by atomic mass is 16.5. The van der Waals surface area contributed by atoms with Gasteiger partial charge in [0.1, 0.15) is 5.76 Å². The predicted molar refractivity (Wildman–Crippen MR) is 102 cm³/mol. The number of hydrogen-bond donors (Lipinski definition) is 3. The zero-order valence-electron chi connectivity index (χ0n) is 14.9. The highest BCUT2D eigenvalue weighted by molar-refractivity contribution is 5.98. The van der Waals surface area contributed by atoms with Crippen LogP contribution in [-0.4, -0.2) is 35.0 Å². The van der Waals surface area contributed by atoms with Gasteiger partial charge in [-0.25, -0.2) is 0 Å². The maximum absolute atomic E-state index is 9.07. The predicted octanol–water partition coefficient (Wildman–Crippen LogP) is 3.54. The third-order valence-electron chi connectivity index (χ3n) is 3.82. The molecule has 0 fully saturated rings. The minimum absolute atomic E-state index is 0.0409. The molecule has 138 valence electrons. The smallest absolute Gasteiger partial charge is 0.291 e. The number of hydrogen-bond acceptors (Lipinski definition) is 5. The first-order valence-electron chi connectivity index (χ1n) is 8.58. The Labute approximate surface area is 154 Å². The van der Waals surface area contributed by atoms with Crippen LogP contribution in [0, 0.1) is 10.8 Å². The van der Waals surface area contributed by atoms with Gasteiger partial charge < -0.3 is 19.5 Å². The van der Waals surface area contributed by atoms with Gasteiger partial charge in [0, 0.05) is 18.7 Å². The van der Waals surface area contributed by atoms with E-state index in [4.69, 9.17) is 25.4 Å². The summed E-state index contributed by atoms with van der Waals surface area (Å²) in [4.78, 5) is 1.80. The van der Waals surface area contributed by atoms with Crippen molar-refractivity contribution in [3.8, 4) is 0 Å². The van der Waals surface area contributed by atoms with Crippen LogP contribution in [0.2, 0.25) is 0 Å². The van der Waals surface area contributed by atoms with Crippen molar-refractivity contribution in [3.05, 3.63) is 71.7 Å². The number of aliphatic hydroxyl groups is 1. The summed E-state index contributed by atoms with van der Waals surface area (Å²) in [5, 5.41) is 25.3. The molecular formula is C20H25N3O3. The maximum atomic E-state index is 9.07. The fourth-order valence-corrected chi connectivity index (χ4v) is 2.39. The number of nitrogens with one attached hydrogen (secondary N) is 2. The van der Waals surface area contributed by atoms with Crippen LogP contribution in [-0.2, 0) is 16.1 Å². The highest BCUT2D eigenvalue weighted by Gasteiger charge is 2.14. The normalized spacial score (nSPS) is 15.0. The molecule has 1 aliphatic heterocycles. The van der Waals surface area contributed by atoms with Gasteiger partial charge in [0.15, 0.2) is 0 Å². The molecule has 0 radical (unpaired) electrons. The summed E-state index contributed by atoms with van der Waals surface area (Å²) < 4.78 is 10.9. The van der Waals surface area contributed by atoms with Crippen LogP contribution in [0.1, 0.15) is 30.9 Å². The Balaban J connectivity index is 1.94. The first-order valence-corrected chi connectivity index (χ1v) is 8.58. The van der Waals surface area contributed by atoms with Gasteiger partial charge in [-0.15, -0.1) is 0 Å². The van der Waals surface area contributed by atoms with Crippen molar-refractivity contribution in [2.75, 3.05) is 13.1 Å². The summed E-state index contributed by atoms with van der Waals surface area (Å²) in [7, 11) is 0. The molecule has 0 aliphatic carbocycles. The van der Waals surface area contributed by atoms with Crippen LogP contribution in [0.3, 0.4) is 0 Å². The Morgan fingerprint density at radius 1 is 1.19 bits per heavy atom. The zero-order chi connectivity index (χ0) is 18.8. The van der Waals surface area contributed by atoms with Gasteiger partial charge >= 0.3 is 0 Å². The van der Waals surface area contributed by atoms with Gasteiger partial charge in [-0.3, -0.25) is 10.8 Å². The lowest BCUT2D eigenvalue weighted by molar-refractivity contribution is 0.282. The summed E-state index contributed by atoms with van der Waals surface area (Å²) in [6, 6.07) is 6.84. The summed E-state index contributed by atoms with van der Waals surface area (Å²) >= 11 is 0. The van der Waals surface area contributed by atoms with E-state index < -0.39 is 0 Å². The first-order chi connectivity index (χ1) is 12.6. The lowest BCUT2D eigenvalue weighted by Gasteiger charge is -2.23. The van der Waals surface area contributed by atoms with Crippen LogP contribution in [0.15, 0.2) is 60.6 Å². The Bertz CT molecular complexity index is 706.